The molecule has 0 radical (unpaired) electrons. The third-order valence-electron chi connectivity index (χ3n) is 5.73. The Kier molecular flexibility index (Phi) is 5.51. The molecule has 1 atom stereocenters. The van der Waals surface area contributed by atoms with E-state index >= 15 is 0 Å². The molecular weight excluding hydrogens is 371 g/mol. The Balaban J connectivity index is 1.58. The van der Waals surface area contributed by atoms with Crippen LogP contribution < -0.4 is 10.1 Å². The summed E-state index contributed by atoms with van der Waals surface area (Å²) in [5, 5.41) is 2.75. The van der Waals surface area contributed by atoms with Gasteiger partial charge in [0, 0.05) is 23.8 Å². The second-order valence-electron chi connectivity index (χ2n) is 7.77. The fourth-order valence-corrected chi connectivity index (χ4v) is 4.18. The highest BCUT2D eigenvalue weighted by Crippen LogP contribution is 2.32. The van der Waals surface area contributed by atoms with Crippen LogP contribution in [0.25, 0.3) is 0 Å². The van der Waals surface area contributed by atoms with Crippen LogP contribution in [0.1, 0.15) is 54.9 Å². The number of rotatable bonds is 3. The molecule has 1 aliphatic carbocycles. The van der Waals surface area contributed by atoms with Gasteiger partial charge >= 0.3 is 0 Å². The van der Waals surface area contributed by atoms with Gasteiger partial charge in [-0.05, 0) is 50.1 Å². The summed E-state index contributed by atoms with van der Waals surface area (Å²) in [5.41, 5.74) is 1.39. The van der Waals surface area contributed by atoms with Crippen molar-refractivity contribution in [3.63, 3.8) is 0 Å². The number of anilines is 1. The number of hydrogen-bond donors (Lipinski definition) is 1. The molecule has 4 rings (SSSR count). The molecule has 0 bridgehead atoms. The van der Waals surface area contributed by atoms with Crippen LogP contribution in [0.15, 0.2) is 42.5 Å². The first-order chi connectivity index (χ1) is 14.0. The molecule has 1 heterocycles. The lowest BCUT2D eigenvalue weighted by molar-refractivity contribution is -0.140. The maximum atomic E-state index is 13.9. The Labute approximate surface area is 169 Å². The molecule has 1 fully saturated rings. The van der Waals surface area contributed by atoms with Crippen LogP contribution in [0.5, 0.6) is 5.75 Å². The van der Waals surface area contributed by atoms with Gasteiger partial charge in [-0.25, -0.2) is 4.39 Å². The standard InChI is InChI=1S/C23H25FN2O3/c1-15-23(28)26(18-7-3-2-4-8-18)14-16-13-17(11-12-21(16)29-15)25-22(27)19-9-5-6-10-20(19)24/h5-6,9-13,15,18H,2-4,7-8,14H2,1H3,(H,25,27). The SMILES string of the molecule is CC1Oc2ccc(NC(=O)c3ccccc3F)cc2CN(C2CCCCC2)C1=O. The van der Waals surface area contributed by atoms with Crippen molar-refractivity contribution in [3.8, 4) is 5.75 Å². The third kappa shape index (κ3) is 4.11. The van der Waals surface area contributed by atoms with Crippen LogP contribution in [0.4, 0.5) is 10.1 Å². The predicted molar refractivity (Wildman–Crippen MR) is 108 cm³/mol. The lowest BCUT2D eigenvalue weighted by atomic mass is 9.93. The van der Waals surface area contributed by atoms with Crippen LogP contribution in [0.3, 0.4) is 0 Å². The number of carbonyl (C=O) groups is 2. The van der Waals surface area contributed by atoms with Gasteiger partial charge in [-0.15, -0.1) is 0 Å². The first kappa shape index (κ1) is 19.4. The summed E-state index contributed by atoms with van der Waals surface area (Å²) in [7, 11) is 0. The smallest absolute Gasteiger partial charge is 0.263 e. The van der Waals surface area contributed by atoms with E-state index in [9.17, 15) is 14.0 Å². The summed E-state index contributed by atoms with van der Waals surface area (Å²) >= 11 is 0. The van der Waals surface area contributed by atoms with Gasteiger partial charge in [0.05, 0.1) is 5.56 Å². The molecule has 2 amide bonds. The Morgan fingerprint density at radius 2 is 1.90 bits per heavy atom. The van der Waals surface area contributed by atoms with Gasteiger partial charge in [0.2, 0.25) is 0 Å². The monoisotopic (exact) mass is 396 g/mol. The number of benzene rings is 2. The van der Waals surface area contributed by atoms with Gasteiger partial charge in [-0.1, -0.05) is 31.4 Å². The second kappa shape index (κ2) is 8.23. The zero-order valence-corrected chi connectivity index (χ0v) is 16.5. The summed E-state index contributed by atoms with van der Waals surface area (Å²) in [6, 6.07) is 11.4. The van der Waals surface area contributed by atoms with Crippen molar-refractivity contribution in [2.45, 2.75) is 57.7 Å². The largest absolute Gasteiger partial charge is 0.481 e. The highest BCUT2D eigenvalue weighted by Gasteiger charge is 2.33. The molecule has 1 saturated carbocycles. The van der Waals surface area contributed by atoms with E-state index in [0.717, 1.165) is 31.2 Å². The number of halogens is 1. The number of amides is 2. The maximum Gasteiger partial charge on any atom is 0.263 e. The molecule has 2 aliphatic rings. The molecule has 0 spiro atoms. The Morgan fingerprint density at radius 3 is 2.66 bits per heavy atom. The average molecular weight is 396 g/mol. The van der Waals surface area contributed by atoms with Crippen LogP contribution >= 0.6 is 0 Å². The van der Waals surface area contributed by atoms with E-state index in [1.165, 1.54) is 18.6 Å². The van der Waals surface area contributed by atoms with E-state index in [1.54, 1.807) is 31.2 Å². The number of ether oxygens (including phenoxy) is 1. The fraction of sp³-hybridized carbons (Fsp3) is 0.391. The van der Waals surface area contributed by atoms with E-state index in [0.29, 0.717) is 18.0 Å². The number of fused-ring (bicyclic) bond motifs is 1. The zero-order chi connectivity index (χ0) is 20.4. The molecule has 1 unspecified atom stereocenters. The van der Waals surface area contributed by atoms with Gasteiger partial charge in [0.25, 0.3) is 11.8 Å². The van der Waals surface area contributed by atoms with E-state index in [-0.39, 0.29) is 17.5 Å². The summed E-state index contributed by atoms with van der Waals surface area (Å²) in [6.45, 7) is 2.23. The molecular formula is C23H25FN2O3. The van der Waals surface area contributed by atoms with Gasteiger partial charge in [-0.2, -0.15) is 0 Å². The van der Waals surface area contributed by atoms with E-state index in [2.05, 4.69) is 5.32 Å². The van der Waals surface area contributed by atoms with Crippen LogP contribution in [-0.4, -0.2) is 28.9 Å². The number of nitrogens with one attached hydrogen (secondary N) is 1. The normalized spacial score (nSPS) is 19.9. The zero-order valence-electron chi connectivity index (χ0n) is 16.5. The molecule has 29 heavy (non-hydrogen) atoms. The molecule has 0 saturated heterocycles. The molecule has 0 aromatic heterocycles. The first-order valence-electron chi connectivity index (χ1n) is 10.2. The van der Waals surface area contributed by atoms with Crippen LogP contribution in [0.2, 0.25) is 0 Å². The fourth-order valence-electron chi connectivity index (χ4n) is 4.18. The lowest BCUT2D eigenvalue weighted by Gasteiger charge is -2.34. The minimum Gasteiger partial charge on any atom is -0.481 e. The number of nitrogens with zero attached hydrogens (tertiary/aromatic N) is 1. The Morgan fingerprint density at radius 1 is 1.14 bits per heavy atom. The summed E-state index contributed by atoms with van der Waals surface area (Å²) < 4.78 is 19.8. The highest BCUT2D eigenvalue weighted by atomic mass is 19.1. The molecule has 5 nitrogen and oxygen atoms in total. The van der Waals surface area contributed by atoms with E-state index < -0.39 is 17.8 Å². The molecule has 2 aromatic carbocycles. The van der Waals surface area contributed by atoms with Gasteiger partial charge < -0.3 is 15.0 Å². The highest BCUT2D eigenvalue weighted by molar-refractivity contribution is 6.04. The van der Waals surface area contributed by atoms with Crippen molar-refractivity contribution in [2.75, 3.05) is 5.32 Å². The molecule has 1 N–H and O–H groups in total. The van der Waals surface area contributed by atoms with Crippen molar-refractivity contribution >= 4 is 17.5 Å². The first-order valence-corrected chi connectivity index (χ1v) is 10.2. The quantitative estimate of drug-likeness (QED) is 0.830. The summed E-state index contributed by atoms with van der Waals surface area (Å²) in [6.07, 6.45) is 4.96. The van der Waals surface area contributed by atoms with Crippen LogP contribution in [-0.2, 0) is 11.3 Å². The Hall–Kier alpha value is -2.89. The Bertz CT molecular complexity index is 924. The van der Waals surface area contributed by atoms with E-state index in [4.69, 9.17) is 4.74 Å². The van der Waals surface area contributed by atoms with Gasteiger partial charge in [0.15, 0.2) is 6.10 Å². The van der Waals surface area contributed by atoms with E-state index in [1.807, 2.05) is 11.0 Å². The topological polar surface area (TPSA) is 58.6 Å². The minimum atomic E-state index is -0.564. The predicted octanol–water partition coefficient (Wildman–Crippen LogP) is 4.52. The molecule has 152 valence electrons. The molecule has 1 aliphatic heterocycles. The lowest BCUT2D eigenvalue weighted by Crippen LogP contribution is -2.45. The molecule has 6 heteroatoms. The second-order valence-corrected chi connectivity index (χ2v) is 7.77. The number of hydrogen-bond acceptors (Lipinski definition) is 3. The van der Waals surface area contributed by atoms with Gasteiger partial charge in [-0.3, -0.25) is 9.59 Å². The summed E-state index contributed by atoms with van der Waals surface area (Å²) in [4.78, 5) is 27.3. The maximum absolute atomic E-state index is 13.9. The summed E-state index contributed by atoms with van der Waals surface area (Å²) in [5.74, 6) is -0.421. The van der Waals surface area contributed by atoms with Crippen LogP contribution in [0, 0.1) is 5.82 Å². The van der Waals surface area contributed by atoms with Crippen molar-refractivity contribution in [1.29, 1.82) is 0 Å². The third-order valence-corrected chi connectivity index (χ3v) is 5.73. The minimum absolute atomic E-state index is 0.00467. The van der Waals surface area contributed by atoms with Gasteiger partial charge in [0.1, 0.15) is 11.6 Å². The van der Waals surface area contributed by atoms with Crippen molar-refractivity contribution in [2.24, 2.45) is 0 Å². The van der Waals surface area contributed by atoms with Crippen molar-refractivity contribution < 1.29 is 18.7 Å². The molecule has 2 aromatic rings. The average Bonchev–Trinajstić information content (AvgIpc) is 2.85. The van der Waals surface area contributed by atoms with Crippen molar-refractivity contribution in [3.05, 3.63) is 59.4 Å². The number of carbonyl (C=O) groups excluding carboxylic acids is 2. The van der Waals surface area contributed by atoms with Crippen molar-refractivity contribution in [1.82, 2.24) is 4.90 Å².